The number of nitrogens with one attached hydrogen (secondary N) is 1. The molecule has 0 fully saturated rings. The minimum absolute atomic E-state index is 0.0953. The highest BCUT2D eigenvalue weighted by Gasteiger charge is 2.21. The first-order valence-electron chi connectivity index (χ1n) is 5.93. The van der Waals surface area contributed by atoms with E-state index in [0.717, 1.165) is 4.31 Å². The maximum Gasteiger partial charge on any atom is 0.244 e. The summed E-state index contributed by atoms with van der Waals surface area (Å²) >= 11 is 0. The zero-order valence-electron chi connectivity index (χ0n) is 12.0. The zero-order valence-corrected chi connectivity index (χ0v) is 13.7. The Kier molecular flexibility index (Phi) is 5.56. The summed E-state index contributed by atoms with van der Waals surface area (Å²) in [5, 5.41) is 0. The summed E-state index contributed by atoms with van der Waals surface area (Å²) in [6, 6.07) is 4.11. The second-order valence-corrected chi connectivity index (χ2v) is 8.44. The standard InChI is InChI=1S/C11H19N3O5S2/c1-14(2)20(15,16)7-6-13-21(17,18)11-5-4-9(12)8-10(11)19-3/h4-5,8,13H,6-7,12H2,1-3H3. The summed E-state index contributed by atoms with van der Waals surface area (Å²) in [7, 11) is -3.26. The van der Waals surface area contributed by atoms with Crippen LogP contribution in [0.1, 0.15) is 0 Å². The van der Waals surface area contributed by atoms with E-state index in [1.807, 2.05) is 0 Å². The number of nitrogens with zero attached hydrogens (tertiary/aromatic N) is 1. The van der Waals surface area contributed by atoms with Crippen LogP contribution < -0.4 is 15.2 Å². The van der Waals surface area contributed by atoms with Gasteiger partial charge >= 0.3 is 0 Å². The molecule has 0 aliphatic heterocycles. The smallest absolute Gasteiger partial charge is 0.244 e. The second kappa shape index (κ2) is 6.60. The molecular formula is C11H19N3O5S2. The van der Waals surface area contributed by atoms with Gasteiger partial charge in [0, 0.05) is 32.4 Å². The number of ether oxygens (including phenoxy) is 1. The van der Waals surface area contributed by atoms with Gasteiger partial charge in [-0.15, -0.1) is 0 Å². The lowest BCUT2D eigenvalue weighted by molar-refractivity contribution is 0.402. The van der Waals surface area contributed by atoms with Gasteiger partial charge in [0.05, 0.1) is 12.9 Å². The third kappa shape index (κ3) is 4.56. The van der Waals surface area contributed by atoms with Gasteiger partial charge in [-0.2, -0.15) is 0 Å². The molecule has 0 saturated heterocycles. The Morgan fingerprint density at radius 2 is 1.86 bits per heavy atom. The maximum atomic E-state index is 12.1. The molecule has 21 heavy (non-hydrogen) atoms. The molecule has 0 bridgehead atoms. The fourth-order valence-corrected chi connectivity index (χ4v) is 3.51. The predicted molar refractivity (Wildman–Crippen MR) is 80.1 cm³/mol. The molecule has 0 aliphatic rings. The molecule has 0 unspecified atom stereocenters. The number of anilines is 1. The highest BCUT2D eigenvalue weighted by atomic mass is 32.2. The van der Waals surface area contributed by atoms with Crippen LogP contribution in [0.4, 0.5) is 5.69 Å². The van der Waals surface area contributed by atoms with Gasteiger partial charge in [-0.1, -0.05) is 0 Å². The molecule has 10 heteroatoms. The van der Waals surface area contributed by atoms with Crippen molar-refractivity contribution >= 4 is 25.7 Å². The molecule has 1 rings (SSSR count). The van der Waals surface area contributed by atoms with Crippen LogP contribution in [0, 0.1) is 0 Å². The molecule has 1 aromatic rings. The summed E-state index contributed by atoms with van der Waals surface area (Å²) in [5.41, 5.74) is 5.92. The topological polar surface area (TPSA) is 119 Å². The Morgan fingerprint density at radius 1 is 1.24 bits per heavy atom. The van der Waals surface area contributed by atoms with Gasteiger partial charge in [0.1, 0.15) is 10.6 Å². The number of methoxy groups -OCH3 is 1. The Bertz CT molecular complexity index is 699. The van der Waals surface area contributed by atoms with Gasteiger partial charge in [0.2, 0.25) is 20.0 Å². The number of hydrogen-bond donors (Lipinski definition) is 2. The van der Waals surface area contributed by atoms with Crippen LogP contribution in [0.5, 0.6) is 5.75 Å². The Hall–Kier alpha value is -1.36. The van der Waals surface area contributed by atoms with Crippen LogP contribution in [0.15, 0.2) is 23.1 Å². The third-order valence-corrected chi connectivity index (χ3v) is 6.02. The second-order valence-electron chi connectivity index (χ2n) is 4.41. The number of sulfonamides is 2. The fourth-order valence-electron chi connectivity index (χ4n) is 1.47. The van der Waals surface area contributed by atoms with E-state index >= 15 is 0 Å². The summed E-state index contributed by atoms with van der Waals surface area (Å²) in [5.74, 6) is -0.241. The molecule has 0 amide bonds. The lowest BCUT2D eigenvalue weighted by Crippen LogP contribution is -2.34. The predicted octanol–water partition coefficient (Wildman–Crippen LogP) is -0.553. The minimum Gasteiger partial charge on any atom is -0.495 e. The quantitative estimate of drug-likeness (QED) is 0.644. The normalized spacial score (nSPS) is 12.6. The van der Waals surface area contributed by atoms with Crippen LogP contribution >= 0.6 is 0 Å². The molecular weight excluding hydrogens is 318 g/mol. The van der Waals surface area contributed by atoms with Crippen molar-refractivity contribution in [2.24, 2.45) is 0 Å². The van der Waals surface area contributed by atoms with E-state index in [1.54, 1.807) is 0 Å². The van der Waals surface area contributed by atoms with Crippen molar-refractivity contribution < 1.29 is 21.6 Å². The van der Waals surface area contributed by atoms with Crippen molar-refractivity contribution in [2.45, 2.75) is 4.90 Å². The van der Waals surface area contributed by atoms with Crippen LogP contribution in [-0.4, -0.2) is 54.6 Å². The number of nitrogen functional groups attached to an aromatic ring is 1. The molecule has 0 aromatic heterocycles. The Morgan fingerprint density at radius 3 is 2.38 bits per heavy atom. The lowest BCUT2D eigenvalue weighted by Gasteiger charge is -2.13. The van der Waals surface area contributed by atoms with Crippen molar-refractivity contribution in [3.8, 4) is 5.75 Å². The van der Waals surface area contributed by atoms with Gasteiger partial charge in [0.25, 0.3) is 0 Å². The molecule has 0 saturated carbocycles. The van der Waals surface area contributed by atoms with Crippen molar-refractivity contribution in [1.29, 1.82) is 0 Å². The zero-order chi connectivity index (χ0) is 16.3. The van der Waals surface area contributed by atoms with E-state index in [4.69, 9.17) is 10.5 Å². The monoisotopic (exact) mass is 337 g/mol. The molecule has 3 N–H and O–H groups in total. The first-order chi connectivity index (χ1) is 9.60. The highest BCUT2D eigenvalue weighted by Crippen LogP contribution is 2.25. The fraction of sp³-hybridized carbons (Fsp3) is 0.455. The van der Waals surface area contributed by atoms with E-state index in [2.05, 4.69) is 4.72 Å². The molecule has 8 nitrogen and oxygen atoms in total. The Labute approximate surface area is 125 Å². The molecule has 0 atom stereocenters. The molecule has 0 spiro atoms. The molecule has 0 heterocycles. The van der Waals surface area contributed by atoms with Crippen LogP contribution in [0.2, 0.25) is 0 Å². The number of hydrogen-bond acceptors (Lipinski definition) is 6. The van der Waals surface area contributed by atoms with E-state index in [1.165, 1.54) is 39.4 Å². The number of rotatable bonds is 7. The average molecular weight is 337 g/mol. The summed E-state index contributed by atoms with van der Waals surface area (Å²) in [4.78, 5) is -0.0959. The van der Waals surface area contributed by atoms with Gasteiger partial charge in [-0.3, -0.25) is 0 Å². The highest BCUT2D eigenvalue weighted by molar-refractivity contribution is 7.90. The van der Waals surface area contributed by atoms with Crippen molar-refractivity contribution in [3.05, 3.63) is 18.2 Å². The van der Waals surface area contributed by atoms with Gasteiger partial charge < -0.3 is 10.5 Å². The molecule has 0 aliphatic carbocycles. The van der Waals surface area contributed by atoms with Crippen LogP contribution in [-0.2, 0) is 20.0 Å². The van der Waals surface area contributed by atoms with E-state index in [0.29, 0.717) is 5.69 Å². The minimum atomic E-state index is -3.88. The number of nitrogens with two attached hydrogens (primary N) is 1. The molecule has 120 valence electrons. The maximum absolute atomic E-state index is 12.1. The average Bonchev–Trinajstić information content (AvgIpc) is 2.37. The third-order valence-electron chi connectivity index (χ3n) is 2.69. The van der Waals surface area contributed by atoms with Gasteiger partial charge in [-0.25, -0.2) is 25.9 Å². The van der Waals surface area contributed by atoms with Crippen LogP contribution in [0.25, 0.3) is 0 Å². The lowest BCUT2D eigenvalue weighted by atomic mass is 10.3. The van der Waals surface area contributed by atoms with Gasteiger partial charge in [0.15, 0.2) is 0 Å². The van der Waals surface area contributed by atoms with E-state index < -0.39 is 20.0 Å². The van der Waals surface area contributed by atoms with E-state index in [-0.39, 0.29) is 22.9 Å². The SMILES string of the molecule is COc1cc(N)ccc1S(=O)(=O)NCCS(=O)(=O)N(C)C. The summed E-state index contributed by atoms with van der Waals surface area (Å²) in [6.07, 6.45) is 0. The molecule has 0 radical (unpaired) electrons. The Balaban J connectivity index is 2.89. The summed E-state index contributed by atoms with van der Waals surface area (Å²) in [6.45, 7) is -0.240. The first-order valence-corrected chi connectivity index (χ1v) is 9.03. The molecule has 1 aromatic carbocycles. The van der Waals surface area contributed by atoms with Crippen molar-refractivity contribution in [3.63, 3.8) is 0 Å². The van der Waals surface area contributed by atoms with Gasteiger partial charge in [-0.05, 0) is 12.1 Å². The van der Waals surface area contributed by atoms with Crippen molar-refractivity contribution in [1.82, 2.24) is 9.03 Å². The van der Waals surface area contributed by atoms with Crippen LogP contribution in [0.3, 0.4) is 0 Å². The summed E-state index contributed by atoms with van der Waals surface area (Å²) < 4.78 is 55.6. The number of benzene rings is 1. The van der Waals surface area contributed by atoms with Crippen molar-refractivity contribution in [2.75, 3.05) is 39.2 Å². The van der Waals surface area contributed by atoms with E-state index in [9.17, 15) is 16.8 Å². The first kappa shape index (κ1) is 17.7. The largest absolute Gasteiger partial charge is 0.495 e.